The van der Waals surface area contributed by atoms with Crippen LogP contribution >= 0.6 is 35.6 Å². The molecule has 0 bridgehead atoms. The van der Waals surface area contributed by atoms with Gasteiger partial charge in [0.25, 0.3) is 5.91 Å². The SMILES string of the molecule is CC1CNCCN1C(=O)c1cc(Cl)c(Cl)n1C.Cl. The van der Waals surface area contributed by atoms with Gasteiger partial charge in [0.2, 0.25) is 0 Å². The Morgan fingerprint density at radius 3 is 2.67 bits per heavy atom. The molecule has 0 radical (unpaired) electrons. The predicted octanol–water partition coefficient (Wildman–Crippen LogP) is 2.19. The van der Waals surface area contributed by atoms with Crippen molar-refractivity contribution in [3.63, 3.8) is 0 Å². The number of hydrogen-bond donors (Lipinski definition) is 1. The van der Waals surface area contributed by atoms with Crippen molar-refractivity contribution in [3.05, 3.63) is 21.9 Å². The molecule has 1 aliphatic rings. The largest absolute Gasteiger partial charge is 0.332 e. The van der Waals surface area contributed by atoms with Crippen molar-refractivity contribution < 1.29 is 4.79 Å². The summed E-state index contributed by atoms with van der Waals surface area (Å²) in [7, 11) is 1.74. The van der Waals surface area contributed by atoms with Crippen LogP contribution in [0.5, 0.6) is 0 Å². The van der Waals surface area contributed by atoms with Crippen molar-refractivity contribution in [1.29, 1.82) is 0 Å². The molecular formula is C11H16Cl3N3O. The molecule has 102 valence electrons. The normalized spacial score (nSPS) is 19.6. The van der Waals surface area contributed by atoms with E-state index in [2.05, 4.69) is 5.32 Å². The van der Waals surface area contributed by atoms with Crippen LogP contribution in [0.1, 0.15) is 17.4 Å². The van der Waals surface area contributed by atoms with Crippen LogP contribution in [0.15, 0.2) is 6.07 Å². The first kappa shape index (κ1) is 15.6. The number of nitrogens with one attached hydrogen (secondary N) is 1. The van der Waals surface area contributed by atoms with E-state index in [9.17, 15) is 4.79 Å². The molecule has 1 aliphatic heterocycles. The average Bonchev–Trinajstić information content (AvgIpc) is 2.57. The Bertz CT molecular complexity index is 447. The van der Waals surface area contributed by atoms with E-state index in [0.29, 0.717) is 22.4 Å². The summed E-state index contributed by atoms with van der Waals surface area (Å²) in [5.74, 6) is -0.0182. The summed E-state index contributed by atoms with van der Waals surface area (Å²) in [5, 5.41) is 4.07. The fourth-order valence-electron chi connectivity index (χ4n) is 2.04. The second-order valence-electron chi connectivity index (χ2n) is 4.28. The summed E-state index contributed by atoms with van der Waals surface area (Å²) in [6, 6.07) is 1.81. The average molecular weight is 313 g/mol. The van der Waals surface area contributed by atoms with Gasteiger partial charge in [-0.25, -0.2) is 0 Å². The molecule has 18 heavy (non-hydrogen) atoms. The molecule has 2 rings (SSSR count). The molecule has 1 fully saturated rings. The molecule has 7 heteroatoms. The number of hydrogen-bond acceptors (Lipinski definition) is 2. The van der Waals surface area contributed by atoms with Crippen LogP contribution in [0.3, 0.4) is 0 Å². The third-order valence-electron chi connectivity index (χ3n) is 3.10. The second kappa shape index (κ2) is 6.15. The first-order valence-corrected chi connectivity index (χ1v) is 6.30. The number of piperazine rings is 1. The van der Waals surface area contributed by atoms with Crippen molar-refractivity contribution in [2.24, 2.45) is 7.05 Å². The van der Waals surface area contributed by atoms with Gasteiger partial charge in [-0.3, -0.25) is 4.79 Å². The lowest BCUT2D eigenvalue weighted by Gasteiger charge is -2.34. The highest BCUT2D eigenvalue weighted by Crippen LogP contribution is 2.26. The van der Waals surface area contributed by atoms with Crippen molar-refractivity contribution >= 4 is 41.5 Å². The van der Waals surface area contributed by atoms with E-state index in [4.69, 9.17) is 23.2 Å². The third kappa shape index (κ3) is 2.77. The van der Waals surface area contributed by atoms with Gasteiger partial charge in [0, 0.05) is 32.7 Å². The predicted molar refractivity (Wildman–Crippen MR) is 76.0 cm³/mol. The Hall–Kier alpha value is -0.420. The van der Waals surface area contributed by atoms with E-state index in [1.54, 1.807) is 17.7 Å². The second-order valence-corrected chi connectivity index (χ2v) is 5.04. The maximum absolute atomic E-state index is 12.4. The lowest BCUT2D eigenvalue weighted by atomic mass is 10.2. The number of carbonyl (C=O) groups excluding carboxylic acids is 1. The number of amides is 1. The van der Waals surface area contributed by atoms with Gasteiger partial charge in [-0.2, -0.15) is 0 Å². The van der Waals surface area contributed by atoms with Crippen molar-refractivity contribution in [1.82, 2.24) is 14.8 Å². The van der Waals surface area contributed by atoms with Gasteiger partial charge in [-0.15, -0.1) is 12.4 Å². The Kier molecular flexibility index (Phi) is 5.34. The summed E-state index contributed by atoms with van der Waals surface area (Å²) in [6.07, 6.45) is 0. The minimum absolute atomic E-state index is 0. The number of carbonyl (C=O) groups is 1. The van der Waals surface area contributed by atoms with E-state index in [0.717, 1.165) is 13.1 Å². The Morgan fingerprint density at radius 1 is 1.50 bits per heavy atom. The quantitative estimate of drug-likeness (QED) is 0.863. The van der Waals surface area contributed by atoms with Gasteiger partial charge in [0.15, 0.2) is 0 Å². The van der Waals surface area contributed by atoms with Crippen molar-refractivity contribution in [3.8, 4) is 0 Å². The molecule has 0 aliphatic carbocycles. The van der Waals surface area contributed by atoms with Crippen LogP contribution in [0.4, 0.5) is 0 Å². The summed E-state index contributed by atoms with van der Waals surface area (Å²) >= 11 is 11.9. The van der Waals surface area contributed by atoms with Gasteiger partial charge in [0.05, 0.1) is 5.02 Å². The molecule has 1 unspecified atom stereocenters. The van der Waals surface area contributed by atoms with E-state index in [1.165, 1.54) is 0 Å². The number of rotatable bonds is 1. The zero-order valence-electron chi connectivity index (χ0n) is 10.2. The number of aromatic nitrogens is 1. The lowest BCUT2D eigenvalue weighted by molar-refractivity contribution is 0.0646. The molecule has 4 nitrogen and oxygen atoms in total. The van der Waals surface area contributed by atoms with E-state index in [1.807, 2.05) is 11.8 Å². The van der Waals surface area contributed by atoms with Gasteiger partial charge < -0.3 is 14.8 Å². The molecule has 1 atom stereocenters. The topological polar surface area (TPSA) is 37.3 Å². The van der Waals surface area contributed by atoms with Gasteiger partial charge in [0.1, 0.15) is 10.8 Å². The first-order valence-electron chi connectivity index (χ1n) is 5.54. The highest BCUT2D eigenvalue weighted by atomic mass is 35.5. The maximum atomic E-state index is 12.4. The highest BCUT2D eigenvalue weighted by molar-refractivity contribution is 6.41. The fraction of sp³-hybridized carbons (Fsp3) is 0.545. The van der Waals surface area contributed by atoms with Gasteiger partial charge in [-0.05, 0) is 13.0 Å². The van der Waals surface area contributed by atoms with Gasteiger partial charge in [-0.1, -0.05) is 23.2 Å². The monoisotopic (exact) mass is 311 g/mol. The van der Waals surface area contributed by atoms with Crippen LogP contribution < -0.4 is 5.32 Å². The van der Waals surface area contributed by atoms with E-state index >= 15 is 0 Å². The van der Waals surface area contributed by atoms with Crippen LogP contribution in [0, 0.1) is 0 Å². The molecule has 2 heterocycles. The molecule has 0 aromatic carbocycles. The zero-order chi connectivity index (χ0) is 12.6. The zero-order valence-corrected chi connectivity index (χ0v) is 12.6. The van der Waals surface area contributed by atoms with Crippen LogP contribution in [-0.2, 0) is 7.05 Å². The number of halogens is 3. The van der Waals surface area contributed by atoms with Crippen LogP contribution in [0.2, 0.25) is 10.2 Å². The summed E-state index contributed by atoms with van der Waals surface area (Å²) in [6.45, 7) is 4.37. The van der Waals surface area contributed by atoms with Crippen molar-refractivity contribution in [2.75, 3.05) is 19.6 Å². The molecule has 1 aromatic rings. The lowest BCUT2D eigenvalue weighted by Crippen LogP contribution is -2.52. The van der Waals surface area contributed by atoms with Crippen LogP contribution in [-0.4, -0.2) is 41.1 Å². The van der Waals surface area contributed by atoms with Crippen LogP contribution in [0.25, 0.3) is 0 Å². The van der Waals surface area contributed by atoms with E-state index in [-0.39, 0.29) is 24.4 Å². The molecule has 0 spiro atoms. The Morgan fingerprint density at radius 2 is 2.17 bits per heavy atom. The van der Waals surface area contributed by atoms with Gasteiger partial charge >= 0.3 is 0 Å². The summed E-state index contributed by atoms with van der Waals surface area (Å²) < 4.78 is 1.63. The maximum Gasteiger partial charge on any atom is 0.270 e. The molecular weight excluding hydrogens is 296 g/mol. The third-order valence-corrected chi connectivity index (χ3v) is 3.94. The molecule has 1 aromatic heterocycles. The standard InChI is InChI=1S/C11H15Cl2N3O.ClH/c1-7-6-14-3-4-16(7)11(17)9-5-8(12)10(13)15(9)2;/h5,7,14H,3-4,6H2,1-2H3;1H. The minimum atomic E-state index is -0.0182. The summed E-state index contributed by atoms with van der Waals surface area (Å²) in [4.78, 5) is 14.2. The molecule has 1 amide bonds. The van der Waals surface area contributed by atoms with E-state index < -0.39 is 0 Å². The Balaban J connectivity index is 0.00000162. The molecule has 0 saturated carbocycles. The first-order chi connectivity index (χ1) is 8.02. The fourth-order valence-corrected chi connectivity index (χ4v) is 2.41. The minimum Gasteiger partial charge on any atom is -0.332 e. The number of nitrogens with zero attached hydrogens (tertiary/aromatic N) is 2. The molecule has 1 saturated heterocycles. The smallest absolute Gasteiger partial charge is 0.270 e. The summed E-state index contributed by atoms with van der Waals surface area (Å²) in [5.41, 5.74) is 0.536. The Labute approximate surface area is 123 Å². The molecule has 1 N–H and O–H groups in total. The van der Waals surface area contributed by atoms with Crippen molar-refractivity contribution in [2.45, 2.75) is 13.0 Å². The highest BCUT2D eigenvalue weighted by Gasteiger charge is 2.26.